The van der Waals surface area contributed by atoms with Gasteiger partial charge in [-0.05, 0) is 37.5 Å². The lowest BCUT2D eigenvalue weighted by Gasteiger charge is -2.19. The molecule has 0 aromatic heterocycles. The lowest BCUT2D eigenvalue weighted by Crippen LogP contribution is -2.30. The van der Waals surface area contributed by atoms with Crippen LogP contribution in [-0.2, 0) is 9.47 Å². The van der Waals surface area contributed by atoms with E-state index in [-0.39, 0.29) is 12.5 Å². The first-order valence-electron chi connectivity index (χ1n) is 7.00. The zero-order valence-corrected chi connectivity index (χ0v) is 12.2. The zero-order chi connectivity index (χ0) is 14.6. The van der Waals surface area contributed by atoms with Crippen molar-refractivity contribution in [3.05, 3.63) is 0 Å². The van der Waals surface area contributed by atoms with Crippen LogP contribution in [-0.4, -0.2) is 31.6 Å². The maximum atomic E-state index is 12.3. The summed E-state index contributed by atoms with van der Waals surface area (Å²) in [5.74, 6) is 1.16. The molecule has 2 nitrogen and oxygen atoms in total. The summed E-state index contributed by atoms with van der Waals surface area (Å²) < 4.78 is 47.4. The number of rotatable bonds is 8. The molecule has 5 heteroatoms. The van der Waals surface area contributed by atoms with Crippen molar-refractivity contribution < 1.29 is 22.6 Å². The Labute approximate surface area is 113 Å². The van der Waals surface area contributed by atoms with E-state index in [4.69, 9.17) is 9.47 Å². The Morgan fingerprint density at radius 2 is 1.74 bits per heavy atom. The summed E-state index contributed by atoms with van der Waals surface area (Å²) in [6, 6.07) is 0. The fourth-order valence-electron chi connectivity index (χ4n) is 1.98. The Balaban J connectivity index is 2.11. The van der Waals surface area contributed by atoms with Crippen LogP contribution in [0.4, 0.5) is 13.2 Å². The maximum Gasteiger partial charge on any atom is 0.414 e. The Bertz CT molecular complexity index is 266. The second kappa shape index (κ2) is 6.93. The minimum absolute atomic E-state index is 0.141. The summed E-state index contributed by atoms with van der Waals surface area (Å²) in [5, 5.41) is 0. The third kappa shape index (κ3) is 6.61. The topological polar surface area (TPSA) is 18.5 Å². The molecule has 1 rings (SSSR count). The average molecular weight is 282 g/mol. The molecular formula is C14H25F3O2. The zero-order valence-electron chi connectivity index (χ0n) is 12.2. The second-order valence-corrected chi connectivity index (χ2v) is 6.12. The molecule has 0 aromatic rings. The highest BCUT2D eigenvalue weighted by Gasteiger charge is 2.40. The molecule has 0 radical (unpaired) electrons. The van der Waals surface area contributed by atoms with Crippen LogP contribution >= 0.6 is 0 Å². The highest BCUT2D eigenvalue weighted by Crippen LogP contribution is 2.39. The van der Waals surface area contributed by atoms with E-state index in [9.17, 15) is 13.2 Å². The average Bonchev–Trinajstić information content (AvgIpc) is 3.00. The van der Waals surface area contributed by atoms with Gasteiger partial charge in [-0.15, -0.1) is 0 Å². The third-order valence-electron chi connectivity index (χ3n) is 3.30. The molecule has 4 atom stereocenters. The van der Waals surface area contributed by atoms with Crippen LogP contribution in [0.25, 0.3) is 0 Å². The Morgan fingerprint density at radius 3 is 2.26 bits per heavy atom. The second-order valence-electron chi connectivity index (χ2n) is 6.12. The van der Waals surface area contributed by atoms with Crippen LogP contribution in [0.5, 0.6) is 0 Å². The highest BCUT2D eigenvalue weighted by atomic mass is 19.4. The van der Waals surface area contributed by atoms with E-state index >= 15 is 0 Å². The normalized spacial score (nSPS) is 26.5. The molecule has 114 valence electrons. The lowest BCUT2D eigenvalue weighted by molar-refractivity contribution is -0.216. The smallest absolute Gasteiger partial charge is 0.378 e. The molecule has 19 heavy (non-hydrogen) atoms. The van der Waals surface area contributed by atoms with E-state index in [1.54, 1.807) is 0 Å². The van der Waals surface area contributed by atoms with Crippen molar-refractivity contribution in [2.45, 2.75) is 58.9 Å². The van der Waals surface area contributed by atoms with Crippen molar-refractivity contribution >= 4 is 0 Å². The van der Waals surface area contributed by atoms with Gasteiger partial charge in [0, 0.05) is 13.2 Å². The Morgan fingerprint density at radius 1 is 1.11 bits per heavy atom. The predicted octanol–water partition coefficient (Wildman–Crippen LogP) is 4.04. The summed E-state index contributed by atoms with van der Waals surface area (Å²) in [4.78, 5) is 0. The van der Waals surface area contributed by atoms with Gasteiger partial charge in [0.15, 0.2) is 6.10 Å². The van der Waals surface area contributed by atoms with Gasteiger partial charge in [0.25, 0.3) is 0 Å². The first kappa shape index (κ1) is 16.8. The third-order valence-corrected chi connectivity index (χ3v) is 3.30. The standard InChI is InChI=1S/C14H25F3O2/c1-9(2)7-19-13-6-12(13)5-10(3)8-18-11(4)14(15,16)17/h9-13H,5-8H2,1-4H3/t10?,11-,12?,13?/m0/s1. The van der Waals surface area contributed by atoms with Crippen molar-refractivity contribution in [3.8, 4) is 0 Å². The number of hydrogen-bond donors (Lipinski definition) is 0. The molecule has 0 aromatic carbocycles. The number of ether oxygens (including phenoxy) is 2. The quantitative estimate of drug-likeness (QED) is 0.669. The molecule has 0 heterocycles. The SMILES string of the molecule is CC(C)COC1CC1CC(C)CO[C@@H](C)C(F)(F)F. The van der Waals surface area contributed by atoms with Crippen molar-refractivity contribution in [2.24, 2.45) is 17.8 Å². The van der Waals surface area contributed by atoms with Crippen LogP contribution in [0.2, 0.25) is 0 Å². The van der Waals surface area contributed by atoms with E-state index in [0.29, 0.717) is 17.9 Å². The number of alkyl halides is 3. The largest absolute Gasteiger partial charge is 0.414 e. The minimum atomic E-state index is -4.26. The molecular weight excluding hydrogens is 257 g/mol. The van der Waals surface area contributed by atoms with Crippen LogP contribution in [0.1, 0.15) is 40.5 Å². The van der Waals surface area contributed by atoms with E-state index in [0.717, 1.165) is 26.4 Å². The first-order chi connectivity index (χ1) is 8.70. The molecule has 0 aliphatic heterocycles. The van der Waals surface area contributed by atoms with Gasteiger partial charge in [-0.2, -0.15) is 13.2 Å². The van der Waals surface area contributed by atoms with Crippen LogP contribution < -0.4 is 0 Å². The first-order valence-corrected chi connectivity index (χ1v) is 7.00. The lowest BCUT2D eigenvalue weighted by atomic mass is 10.1. The molecule has 1 fully saturated rings. The van der Waals surface area contributed by atoms with E-state index in [1.807, 2.05) is 6.92 Å². The fourth-order valence-corrected chi connectivity index (χ4v) is 1.98. The number of halogens is 3. The molecule has 0 spiro atoms. The van der Waals surface area contributed by atoms with Gasteiger partial charge in [-0.1, -0.05) is 20.8 Å². The van der Waals surface area contributed by atoms with Gasteiger partial charge < -0.3 is 9.47 Å². The minimum Gasteiger partial charge on any atom is -0.378 e. The van der Waals surface area contributed by atoms with Gasteiger partial charge >= 0.3 is 6.18 Å². The summed E-state index contributed by atoms with van der Waals surface area (Å²) in [6.45, 7) is 8.11. The Kier molecular flexibility index (Phi) is 6.12. The number of hydrogen-bond acceptors (Lipinski definition) is 2. The van der Waals surface area contributed by atoms with Crippen molar-refractivity contribution in [2.75, 3.05) is 13.2 Å². The van der Waals surface area contributed by atoms with Crippen molar-refractivity contribution in [1.82, 2.24) is 0 Å². The van der Waals surface area contributed by atoms with Gasteiger partial charge in [0.2, 0.25) is 0 Å². The predicted molar refractivity (Wildman–Crippen MR) is 67.9 cm³/mol. The molecule has 1 aliphatic carbocycles. The molecule has 1 saturated carbocycles. The van der Waals surface area contributed by atoms with Crippen molar-refractivity contribution in [3.63, 3.8) is 0 Å². The summed E-state index contributed by atoms with van der Waals surface area (Å²) in [6.07, 6.45) is -3.71. The Hall–Kier alpha value is -0.290. The molecule has 0 saturated heterocycles. The van der Waals surface area contributed by atoms with Crippen LogP contribution in [0.15, 0.2) is 0 Å². The van der Waals surface area contributed by atoms with Gasteiger partial charge in [0.1, 0.15) is 0 Å². The highest BCUT2D eigenvalue weighted by molar-refractivity contribution is 4.88. The molecule has 0 amide bonds. The summed E-state index contributed by atoms with van der Waals surface area (Å²) in [5.41, 5.74) is 0. The van der Waals surface area contributed by atoms with Gasteiger partial charge in [-0.3, -0.25) is 0 Å². The summed E-state index contributed by atoms with van der Waals surface area (Å²) in [7, 11) is 0. The van der Waals surface area contributed by atoms with E-state index in [2.05, 4.69) is 13.8 Å². The molecule has 0 bridgehead atoms. The van der Waals surface area contributed by atoms with E-state index < -0.39 is 12.3 Å². The van der Waals surface area contributed by atoms with Gasteiger partial charge in [-0.25, -0.2) is 0 Å². The maximum absolute atomic E-state index is 12.3. The van der Waals surface area contributed by atoms with Crippen LogP contribution in [0.3, 0.4) is 0 Å². The van der Waals surface area contributed by atoms with Crippen molar-refractivity contribution in [1.29, 1.82) is 0 Å². The molecule has 0 N–H and O–H groups in total. The van der Waals surface area contributed by atoms with Crippen LogP contribution in [0, 0.1) is 17.8 Å². The van der Waals surface area contributed by atoms with E-state index in [1.165, 1.54) is 0 Å². The molecule has 1 aliphatic rings. The molecule has 3 unspecified atom stereocenters. The summed E-state index contributed by atoms with van der Waals surface area (Å²) >= 11 is 0. The monoisotopic (exact) mass is 282 g/mol. The fraction of sp³-hybridized carbons (Fsp3) is 1.00. The van der Waals surface area contributed by atoms with Gasteiger partial charge in [0.05, 0.1) is 6.10 Å².